The zero-order valence-corrected chi connectivity index (χ0v) is 14.5. The summed E-state index contributed by atoms with van der Waals surface area (Å²) in [6.45, 7) is 3.09. The van der Waals surface area contributed by atoms with Crippen molar-refractivity contribution in [3.63, 3.8) is 0 Å². The minimum atomic E-state index is -0.476. The van der Waals surface area contributed by atoms with E-state index in [1.807, 2.05) is 13.0 Å². The number of likely N-dealkylation sites (tertiary alicyclic amines) is 1. The predicted molar refractivity (Wildman–Crippen MR) is 92.8 cm³/mol. The summed E-state index contributed by atoms with van der Waals surface area (Å²) in [5.74, 6) is -0.260. The molecule has 2 amide bonds. The summed E-state index contributed by atoms with van der Waals surface area (Å²) in [5, 5.41) is 11.9. The van der Waals surface area contributed by atoms with E-state index in [1.165, 1.54) is 0 Å². The van der Waals surface area contributed by atoms with Crippen LogP contribution in [0, 0.1) is 18.3 Å². The molecular weight excluding hydrogens is 318 g/mol. The van der Waals surface area contributed by atoms with E-state index >= 15 is 0 Å². The predicted octanol–water partition coefficient (Wildman–Crippen LogP) is 2.37. The second-order valence-corrected chi connectivity index (χ2v) is 6.68. The number of anilines is 1. The molecular formula is C19H23N3O3. The Labute approximate surface area is 147 Å². The number of carbonyl (C=O) groups is 2. The Balaban J connectivity index is 1.75. The van der Waals surface area contributed by atoms with Gasteiger partial charge >= 0.3 is 0 Å². The summed E-state index contributed by atoms with van der Waals surface area (Å²) in [4.78, 5) is 27.2. The number of benzene rings is 1. The van der Waals surface area contributed by atoms with E-state index in [9.17, 15) is 9.59 Å². The summed E-state index contributed by atoms with van der Waals surface area (Å²) in [6, 6.07) is 6.80. The van der Waals surface area contributed by atoms with Gasteiger partial charge in [0.25, 0.3) is 5.91 Å². The lowest BCUT2D eigenvalue weighted by atomic mass is 9.99. The van der Waals surface area contributed by atoms with Gasteiger partial charge in [0.2, 0.25) is 5.91 Å². The molecule has 6 heteroatoms. The highest BCUT2D eigenvalue weighted by atomic mass is 16.5. The SMILES string of the molecule is Cc1ccc(C#N)cc1NC(=O)[C@H]1CCCCN1C(=O)[C@H]1CCCO1. The van der Waals surface area contributed by atoms with Crippen LogP contribution in [0.15, 0.2) is 18.2 Å². The van der Waals surface area contributed by atoms with Crippen LogP contribution >= 0.6 is 0 Å². The van der Waals surface area contributed by atoms with Crippen LogP contribution in [-0.2, 0) is 14.3 Å². The van der Waals surface area contributed by atoms with Crippen molar-refractivity contribution in [1.82, 2.24) is 4.90 Å². The molecule has 1 aromatic rings. The number of hydrogen-bond donors (Lipinski definition) is 1. The lowest BCUT2D eigenvalue weighted by molar-refractivity contribution is -0.148. The van der Waals surface area contributed by atoms with Crippen molar-refractivity contribution < 1.29 is 14.3 Å². The maximum atomic E-state index is 12.8. The number of nitrogens with one attached hydrogen (secondary N) is 1. The fourth-order valence-electron chi connectivity index (χ4n) is 3.47. The van der Waals surface area contributed by atoms with Gasteiger partial charge in [-0.25, -0.2) is 0 Å². The summed E-state index contributed by atoms with van der Waals surface area (Å²) in [6.07, 6.45) is 3.70. The largest absolute Gasteiger partial charge is 0.368 e. The van der Waals surface area contributed by atoms with Gasteiger partial charge < -0.3 is 15.0 Å². The van der Waals surface area contributed by atoms with Gasteiger partial charge in [-0.3, -0.25) is 9.59 Å². The van der Waals surface area contributed by atoms with Gasteiger partial charge in [-0.2, -0.15) is 5.26 Å². The normalized spacial score (nSPS) is 23.1. The average Bonchev–Trinajstić information content (AvgIpc) is 3.17. The van der Waals surface area contributed by atoms with E-state index in [0.29, 0.717) is 30.8 Å². The molecule has 25 heavy (non-hydrogen) atoms. The third-order valence-corrected chi connectivity index (χ3v) is 4.92. The van der Waals surface area contributed by atoms with Crippen LogP contribution in [0.2, 0.25) is 0 Å². The Morgan fingerprint density at radius 3 is 2.84 bits per heavy atom. The Hall–Kier alpha value is -2.39. The molecule has 0 unspecified atom stereocenters. The number of nitriles is 1. The van der Waals surface area contributed by atoms with E-state index in [4.69, 9.17) is 10.00 Å². The molecule has 0 aliphatic carbocycles. The first-order valence-corrected chi connectivity index (χ1v) is 8.84. The molecule has 2 heterocycles. The van der Waals surface area contributed by atoms with Crippen molar-refractivity contribution in [3.8, 4) is 6.07 Å². The maximum Gasteiger partial charge on any atom is 0.252 e. The summed E-state index contributed by atoms with van der Waals surface area (Å²) in [5.41, 5.74) is 2.01. The fraction of sp³-hybridized carbons (Fsp3) is 0.526. The third-order valence-electron chi connectivity index (χ3n) is 4.92. The highest BCUT2D eigenvalue weighted by molar-refractivity contribution is 5.98. The van der Waals surface area contributed by atoms with Gasteiger partial charge in [0.05, 0.1) is 11.6 Å². The molecule has 2 saturated heterocycles. The molecule has 2 aliphatic rings. The number of piperidine rings is 1. The minimum Gasteiger partial charge on any atom is -0.368 e. The second kappa shape index (κ2) is 7.66. The monoisotopic (exact) mass is 341 g/mol. The number of hydrogen-bond acceptors (Lipinski definition) is 4. The lowest BCUT2D eigenvalue weighted by Gasteiger charge is -2.36. The molecule has 3 rings (SSSR count). The van der Waals surface area contributed by atoms with Gasteiger partial charge in [0, 0.05) is 18.8 Å². The Kier molecular flexibility index (Phi) is 5.34. The van der Waals surface area contributed by atoms with Gasteiger partial charge in [0.1, 0.15) is 12.1 Å². The average molecular weight is 341 g/mol. The first-order chi connectivity index (χ1) is 12.1. The van der Waals surface area contributed by atoms with Crippen LogP contribution in [0.4, 0.5) is 5.69 Å². The minimum absolute atomic E-state index is 0.0696. The Morgan fingerprint density at radius 1 is 1.28 bits per heavy atom. The van der Waals surface area contributed by atoms with Crippen molar-refractivity contribution in [3.05, 3.63) is 29.3 Å². The zero-order valence-electron chi connectivity index (χ0n) is 14.5. The van der Waals surface area contributed by atoms with Gasteiger partial charge in [0.15, 0.2) is 0 Å². The highest BCUT2D eigenvalue weighted by Gasteiger charge is 2.37. The van der Waals surface area contributed by atoms with Crippen LogP contribution in [0.25, 0.3) is 0 Å². The standard InChI is InChI=1S/C19H23N3O3/c1-13-7-8-14(12-20)11-15(13)21-18(23)16-5-2-3-9-22(16)19(24)17-6-4-10-25-17/h7-8,11,16-17H,2-6,9-10H2,1H3,(H,21,23)/t16-,17-/m1/s1. The van der Waals surface area contributed by atoms with Crippen molar-refractivity contribution in [2.75, 3.05) is 18.5 Å². The van der Waals surface area contributed by atoms with Crippen LogP contribution in [0.5, 0.6) is 0 Å². The van der Waals surface area contributed by atoms with Crippen molar-refractivity contribution in [2.45, 2.75) is 51.2 Å². The van der Waals surface area contributed by atoms with E-state index in [-0.39, 0.29) is 11.8 Å². The third kappa shape index (κ3) is 3.83. The Bertz CT molecular complexity index is 704. The summed E-state index contributed by atoms with van der Waals surface area (Å²) < 4.78 is 5.50. The number of nitrogens with zero attached hydrogens (tertiary/aromatic N) is 2. The molecule has 1 N–H and O–H groups in total. The van der Waals surface area contributed by atoms with Crippen molar-refractivity contribution in [1.29, 1.82) is 5.26 Å². The van der Waals surface area contributed by atoms with Crippen LogP contribution < -0.4 is 5.32 Å². The summed E-state index contributed by atoms with van der Waals surface area (Å²) in [7, 11) is 0. The second-order valence-electron chi connectivity index (χ2n) is 6.68. The molecule has 0 saturated carbocycles. The zero-order chi connectivity index (χ0) is 17.8. The Morgan fingerprint density at radius 2 is 2.12 bits per heavy atom. The molecule has 2 atom stereocenters. The van der Waals surface area contributed by atoms with E-state index in [1.54, 1.807) is 17.0 Å². The van der Waals surface area contributed by atoms with Gasteiger partial charge in [-0.15, -0.1) is 0 Å². The van der Waals surface area contributed by atoms with Crippen LogP contribution in [-0.4, -0.2) is 42.0 Å². The number of ether oxygens (including phenoxy) is 1. The van der Waals surface area contributed by atoms with Crippen LogP contribution in [0.1, 0.15) is 43.2 Å². The molecule has 132 valence electrons. The number of carbonyl (C=O) groups excluding carboxylic acids is 2. The highest BCUT2D eigenvalue weighted by Crippen LogP contribution is 2.24. The number of amides is 2. The molecule has 1 aromatic carbocycles. The van der Waals surface area contributed by atoms with Crippen LogP contribution in [0.3, 0.4) is 0 Å². The first kappa shape index (κ1) is 17.4. The van der Waals surface area contributed by atoms with Crippen molar-refractivity contribution in [2.24, 2.45) is 0 Å². The quantitative estimate of drug-likeness (QED) is 0.915. The smallest absolute Gasteiger partial charge is 0.252 e. The van der Waals surface area contributed by atoms with Crippen molar-refractivity contribution >= 4 is 17.5 Å². The van der Waals surface area contributed by atoms with Gasteiger partial charge in [-0.05, 0) is 56.7 Å². The fourth-order valence-corrected chi connectivity index (χ4v) is 3.47. The molecule has 2 aliphatic heterocycles. The van der Waals surface area contributed by atoms with E-state index in [2.05, 4.69) is 11.4 Å². The maximum absolute atomic E-state index is 12.8. The van der Waals surface area contributed by atoms with Gasteiger partial charge in [-0.1, -0.05) is 6.07 Å². The molecule has 6 nitrogen and oxygen atoms in total. The molecule has 0 aromatic heterocycles. The van der Waals surface area contributed by atoms with E-state index in [0.717, 1.165) is 31.2 Å². The van der Waals surface area contributed by atoms with E-state index < -0.39 is 12.1 Å². The topological polar surface area (TPSA) is 82.4 Å². The first-order valence-electron chi connectivity index (χ1n) is 8.84. The molecule has 0 spiro atoms. The molecule has 2 fully saturated rings. The lowest BCUT2D eigenvalue weighted by Crippen LogP contribution is -2.53. The number of aryl methyl sites for hydroxylation is 1. The molecule has 0 bridgehead atoms. The molecule has 0 radical (unpaired) electrons. The summed E-state index contributed by atoms with van der Waals surface area (Å²) >= 11 is 0. The number of rotatable bonds is 3.